The zero-order valence-corrected chi connectivity index (χ0v) is 20.2. The molecule has 3 aromatic rings. The second-order valence-corrected chi connectivity index (χ2v) is 10.4. The van der Waals surface area contributed by atoms with Crippen molar-refractivity contribution in [1.82, 2.24) is 25.3 Å². The van der Waals surface area contributed by atoms with Crippen molar-refractivity contribution in [3.8, 4) is 11.1 Å². The van der Waals surface area contributed by atoms with E-state index in [2.05, 4.69) is 25.9 Å². The molecule has 1 amide bonds. The van der Waals surface area contributed by atoms with Crippen molar-refractivity contribution in [2.45, 2.75) is 57.6 Å². The number of aliphatic hydroxyl groups is 1. The van der Waals surface area contributed by atoms with Crippen LogP contribution in [0.15, 0.2) is 30.5 Å². The summed E-state index contributed by atoms with van der Waals surface area (Å²) in [6, 6.07) is 7.79. The lowest BCUT2D eigenvalue weighted by molar-refractivity contribution is -0.120. The fraction of sp³-hybridized carbons (Fsp3) is 0.520. The molecular formula is C25H31ClN6O2. The summed E-state index contributed by atoms with van der Waals surface area (Å²) >= 11 is 6.52. The zero-order valence-electron chi connectivity index (χ0n) is 19.4. The van der Waals surface area contributed by atoms with Gasteiger partial charge in [0.15, 0.2) is 0 Å². The van der Waals surface area contributed by atoms with Gasteiger partial charge in [-0.15, -0.1) is 5.10 Å². The number of benzene rings is 1. The third-order valence-corrected chi connectivity index (χ3v) is 7.51. The minimum Gasteiger partial charge on any atom is -0.390 e. The minimum absolute atomic E-state index is 0.0165. The molecule has 0 bridgehead atoms. The van der Waals surface area contributed by atoms with Crippen LogP contribution in [0.5, 0.6) is 0 Å². The monoisotopic (exact) mass is 482 g/mol. The first-order valence-electron chi connectivity index (χ1n) is 12.1. The molecule has 1 saturated heterocycles. The summed E-state index contributed by atoms with van der Waals surface area (Å²) in [6.45, 7) is 4.35. The molecule has 8 nitrogen and oxygen atoms in total. The van der Waals surface area contributed by atoms with Gasteiger partial charge >= 0.3 is 0 Å². The van der Waals surface area contributed by atoms with Gasteiger partial charge in [0.2, 0.25) is 5.91 Å². The van der Waals surface area contributed by atoms with E-state index in [0.29, 0.717) is 23.3 Å². The number of pyridine rings is 1. The lowest BCUT2D eigenvalue weighted by Crippen LogP contribution is -2.37. The molecule has 1 aromatic carbocycles. The molecule has 9 heteroatoms. The van der Waals surface area contributed by atoms with Crippen molar-refractivity contribution in [2.75, 3.05) is 18.4 Å². The number of nitrogens with one attached hydrogen (secondary N) is 2. The first kappa shape index (κ1) is 23.2. The molecule has 180 valence electrons. The molecule has 0 radical (unpaired) electrons. The van der Waals surface area contributed by atoms with Crippen LogP contribution in [0.1, 0.15) is 45.4 Å². The molecule has 2 aromatic heterocycles. The van der Waals surface area contributed by atoms with E-state index in [0.717, 1.165) is 73.8 Å². The standard InChI is InChI=1S/C25H31ClN6O2/c1-25(34)8-6-16(7-9-25)15-32-22-11-17(4-5-21(22)30-31-32)19-12-23(28-14-20(19)26)29-24(33)18-3-2-10-27-13-18/h4-5,11-12,14,16,18,27,34H,2-3,6-10,13,15H2,1H3,(H,28,29,33)/t16-,18-,25+/m1/s1. The van der Waals surface area contributed by atoms with Crippen molar-refractivity contribution >= 4 is 34.4 Å². The van der Waals surface area contributed by atoms with E-state index in [-0.39, 0.29) is 11.8 Å². The van der Waals surface area contributed by atoms with E-state index >= 15 is 0 Å². The van der Waals surface area contributed by atoms with Crippen LogP contribution in [0.4, 0.5) is 5.82 Å². The fourth-order valence-corrected chi connectivity index (χ4v) is 5.24. The Hall–Kier alpha value is -2.55. The van der Waals surface area contributed by atoms with Crippen molar-refractivity contribution in [3.63, 3.8) is 0 Å². The second kappa shape index (κ2) is 9.60. The molecule has 1 aliphatic heterocycles. The van der Waals surface area contributed by atoms with Crippen LogP contribution in [-0.2, 0) is 11.3 Å². The molecule has 34 heavy (non-hydrogen) atoms. The van der Waals surface area contributed by atoms with E-state index in [9.17, 15) is 9.90 Å². The van der Waals surface area contributed by atoms with Crippen LogP contribution in [-0.4, -0.2) is 49.7 Å². The number of hydrogen-bond acceptors (Lipinski definition) is 6. The van der Waals surface area contributed by atoms with Gasteiger partial charge < -0.3 is 15.7 Å². The van der Waals surface area contributed by atoms with Crippen LogP contribution < -0.4 is 10.6 Å². The average molecular weight is 483 g/mol. The average Bonchev–Trinajstić information content (AvgIpc) is 3.24. The van der Waals surface area contributed by atoms with Gasteiger partial charge in [-0.3, -0.25) is 4.79 Å². The van der Waals surface area contributed by atoms with E-state index in [4.69, 9.17) is 11.6 Å². The number of rotatable bonds is 5. The van der Waals surface area contributed by atoms with Gasteiger partial charge in [0.05, 0.1) is 22.1 Å². The molecule has 0 spiro atoms. The van der Waals surface area contributed by atoms with Gasteiger partial charge in [-0.05, 0) is 81.7 Å². The highest BCUT2D eigenvalue weighted by Gasteiger charge is 2.29. The molecule has 2 aliphatic rings. The Morgan fingerprint density at radius 2 is 2.12 bits per heavy atom. The summed E-state index contributed by atoms with van der Waals surface area (Å²) in [5, 5.41) is 25.7. The van der Waals surface area contributed by atoms with E-state index in [1.54, 1.807) is 6.20 Å². The van der Waals surface area contributed by atoms with Crippen LogP contribution in [0.3, 0.4) is 0 Å². The molecule has 0 unspecified atom stereocenters. The maximum atomic E-state index is 12.7. The smallest absolute Gasteiger partial charge is 0.229 e. The van der Waals surface area contributed by atoms with Gasteiger partial charge in [0.1, 0.15) is 11.3 Å². The largest absolute Gasteiger partial charge is 0.390 e. The lowest BCUT2D eigenvalue weighted by Gasteiger charge is -2.32. The molecule has 1 saturated carbocycles. The van der Waals surface area contributed by atoms with Crippen LogP contribution in [0, 0.1) is 11.8 Å². The van der Waals surface area contributed by atoms with Gasteiger partial charge in [-0.2, -0.15) is 0 Å². The molecule has 2 fully saturated rings. The number of carbonyl (C=O) groups excluding carboxylic acids is 1. The predicted octanol–water partition coefficient (Wildman–Crippen LogP) is 4.03. The number of anilines is 1. The highest BCUT2D eigenvalue weighted by Crippen LogP contribution is 2.34. The highest BCUT2D eigenvalue weighted by molar-refractivity contribution is 6.33. The highest BCUT2D eigenvalue weighted by atomic mass is 35.5. The van der Waals surface area contributed by atoms with Crippen molar-refractivity contribution in [3.05, 3.63) is 35.5 Å². The number of halogens is 1. The van der Waals surface area contributed by atoms with Gasteiger partial charge in [0, 0.05) is 24.8 Å². The van der Waals surface area contributed by atoms with E-state index in [1.165, 1.54) is 0 Å². The molecule has 3 heterocycles. The number of aromatic nitrogens is 4. The number of amides is 1. The third kappa shape index (κ3) is 5.09. The Bertz CT molecular complexity index is 1180. The summed E-state index contributed by atoms with van der Waals surface area (Å²) in [4.78, 5) is 17.0. The maximum Gasteiger partial charge on any atom is 0.229 e. The number of piperidine rings is 1. The Labute approximate surface area is 204 Å². The Balaban J connectivity index is 1.37. The second-order valence-electron chi connectivity index (χ2n) is 10.00. The molecule has 1 aliphatic carbocycles. The summed E-state index contributed by atoms with van der Waals surface area (Å²) in [5.74, 6) is 0.900. The van der Waals surface area contributed by atoms with Gasteiger partial charge in [-0.1, -0.05) is 22.9 Å². The van der Waals surface area contributed by atoms with Crippen molar-refractivity contribution < 1.29 is 9.90 Å². The number of hydrogen-bond donors (Lipinski definition) is 3. The lowest BCUT2D eigenvalue weighted by atomic mass is 9.80. The Morgan fingerprint density at radius 3 is 2.88 bits per heavy atom. The van der Waals surface area contributed by atoms with Gasteiger partial charge in [-0.25, -0.2) is 9.67 Å². The fourth-order valence-electron chi connectivity index (χ4n) is 5.03. The van der Waals surface area contributed by atoms with Crippen LogP contribution >= 0.6 is 11.6 Å². The van der Waals surface area contributed by atoms with Crippen LogP contribution in [0.25, 0.3) is 22.2 Å². The molecule has 5 rings (SSSR count). The predicted molar refractivity (Wildman–Crippen MR) is 133 cm³/mol. The van der Waals surface area contributed by atoms with Crippen LogP contribution in [0.2, 0.25) is 5.02 Å². The molecule has 1 atom stereocenters. The maximum absolute atomic E-state index is 12.7. The first-order valence-corrected chi connectivity index (χ1v) is 12.5. The Morgan fingerprint density at radius 1 is 1.29 bits per heavy atom. The zero-order chi connectivity index (χ0) is 23.7. The normalized spacial score (nSPS) is 25.4. The van der Waals surface area contributed by atoms with E-state index < -0.39 is 5.60 Å². The third-order valence-electron chi connectivity index (χ3n) is 7.21. The summed E-state index contributed by atoms with van der Waals surface area (Å²) in [5.41, 5.74) is 2.95. The summed E-state index contributed by atoms with van der Waals surface area (Å²) in [7, 11) is 0. The molecule has 3 N–H and O–H groups in total. The van der Waals surface area contributed by atoms with E-state index in [1.807, 2.05) is 35.9 Å². The summed E-state index contributed by atoms with van der Waals surface area (Å²) in [6.07, 6.45) is 7.04. The van der Waals surface area contributed by atoms with Crippen molar-refractivity contribution in [1.29, 1.82) is 0 Å². The Kier molecular flexibility index (Phi) is 6.55. The quantitative estimate of drug-likeness (QED) is 0.507. The number of carbonyl (C=O) groups is 1. The topological polar surface area (TPSA) is 105 Å². The van der Waals surface area contributed by atoms with Crippen molar-refractivity contribution in [2.24, 2.45) is 11.8 Å². The number of nitrogens with zero attached hydrogens (tertiary/aromatic N) is 4. The minimum atomic E-state index is -0.549. The first-order chi connectivity index (χ1) is 16.4. The molecular weight excluding hydrogens is 452 g/mol. The SMILES string of the molecule is C[C@]1(O)CC[C@@H](Cn2nnc3ccc(-c4cc(NC(=O)[C@@H]5CCCNC5)ncc4Cl)cc32)CC1. The number of fused-ring (bicyclic) bond motifs is 1. The summed E-state index contributed by atoms with van der Waals surface area (Å²) < 4.78 is 1.96. The van der Waals surface area contributed by atoms with Gasteiger partial charge in [0.25, 0.3) is 0 Å².